The van der Waals surface area contributed by atoms with Gasteiger partial charge in [-0.25, -0.2) is 13.6 Å². The van der Waals surface area contributed by atoms with Crippen LogP contribution < -0.4 is 5.32 Å². The van der Waals surface area contributed by atoms with Gasteiger partial charge in [-0.1, -0.05) is 6.42 Å². The average Bonchev–Trinajstić information content (AvgIpc) is 2.83. The number of ether oxygens (including phenoxy) is 1. The van der Waals surface area contributed by atoms with Gasteiger partial charge in [0.05, 0.1) is 0 Å². The van der Waals surface area contributed by atoms with Crippen LogP contribution in [0.1, 0.15) is 44.9 Å². The average molecular weight is 305 g/mol. The van der Waals surface area contributed by atoms with Gasteiger partial charge in [0.2, 0.25) is 11.8 Å². The molecule has 2 rings (SSSR count). The number of carbonyl (C=O) groups is 2. The van der Waals surface area contributed by atoms with E-state index < -0.39 is 30.0 Å². The second-order valence-corrected chi connectivity index (χ2v) is 5.95. The van der Waals surface area contributed by atoms with E-state index in [0.29, 0.717) is 25.7 Å². The van der Waals surface area contributed by atoms with Crippen molar-refractivity contribution in [3.05, 3.63) is 0 Å². The Morgan fingerprint density at radius 2 is 1.90 bits per heavy atom. The number of halogens is 2. The molecular formula is C14H21F2NO4. The summed E-state index contributed by atoms with van der Waals surface area (Å²) in [6, 6.07) is 0. The van der Waals surface area contributed by atoms with Gasteiger partial charge in [-0.05, 0) is 31.6 Å². The van der Waals surface area contributed by atoms with Crippen LogP contribution in [0.15, 0.2) is 0 Å². The molecule has 1 heterocycles. The van der Waals surface area contributed by atoms with Crippen LogP contribution in [0, 0.1) is 5.92 Å². The molecule has 1 aliphatic carbocycles. The molecule has 0 spiro atoms. The van der Waals surface area contributed by atoms with Crippen molar-refractivity contribution < 1.29 is 28.2 Å². The predicted molar refractivity (Wildman–Crippen MR) is 70.1 cm³/mol. The van der Waals surface area contributed by atoms with Crippen LogP contribution in [0.25, 0.3) is 0 Å². The normalized spacial score (nSPS) is 32.4. The summed E-state index contributed by atoms with van der Waals surface area (Å²) >= 11 is 0. The number of aliphatic carboxylic acids is 1. The Kier molecular flexibility index (Phi) is 5.13. The summed E-state index contributed by atoms with van der Waals surface area (Å²) in [6.45, 7) is 0.200. The van der Waals surface area contributed by atoms with E-state index in [1.165, 1.54) is 0 Å². The van der Waals surface area contributed by atoms with Crippen molar-refractivity contribution >= 4 is 11.9 Å². The fourth-order valence-electron chi connectivity index (χ4n) is 2.99. The number of hydrogen-bond acceptors (Lipinski definition) is 3. The van der Waals surface area contributed by atoms with Gasteiger partial charge in [0, 0.05) is 19.4 Å². The molecule has 1 amide bonds. The molecule has 1 saturated carbocycles. The van der Waals surface area contributed by atoms with Crippen LogP contribution in [-0.2, 0) is 14.3 Å². The standard InChI is InChI=1S/C14H21F2NO4/c15-14(16)6-2-1-3-9(7-14)8-17-12(18)10-4-5-11(21-10)13(19)20/h9-11H,1-8H2,(H,17,18)(H,19,20). The number of alkyl halides is 2. The first kappa shape index (κ1) is 16.1. The highest BCUT2D eigenvalue weighted by Crippen LogP contribution is 2.34. The molecule has 2 fully saturated rings. The first-order valence-electron chi connectivity index (χ1n) is 7.41. The molecule has 0 aromatic rings. The van der Waals surface area contributed by atoms with E-state index in [4.69, 9.17) is 9.84 Å². The second-order valence-electron chi connectivity index (χ2n) is 5.95. The number of rotatable bonds is 4. The molecule has 1 aliphatic heterocycles. The molecule has 0 aromatic heterocycles. The summed E-state index contributed by atoms with van der Waals surface area (Å²) in [5.41, 5.74) is 0. The number of amides is 1. The maximum Gasteiger partial charge on any atom is 0.332 e. The minimum atomic E-state index is -2.65. The van der Waals surface area contributed by atoms with Crippen molar-refractivity contribution in [3.63, 3.8) is 0 Å². The van der Waals surface area contributed by atoms with E-state index in [1.807, 2.05) is 0 Å². The smallest absolute Gasteiger partial charge is 0.332 e. The predicted octanol–water partition coefficient (Wildman–Crippen LogP) is 1.95. The number of hydrogen-bond donors (Lipinski definition) is 2. The van der Waals surface area contributed by atoms with Gasteiger partial charge < -0.3 is 15.2 Å². The van der Waals surface area contributed by atoms with Gasteiger partial charge in [0.1, 0.15) is 6.10 Å². The van der Waals surface area contributed by atoms with E-state index in [-0.39, 0.29) is 25.3 Å². The van der Waals surface area contributed by atoms with E-state index in [1.54, 1.807) is 0 Å². The third-order valence-electron chi connectivity index (χ3n) is 4.14. The molecule has 3 unspecified atom stereocenters. The van der Waals surface area contributed by atoms with E-state index in [0.717, 1.165) is 6.42 Å². The SMILES string of the molecule is O=C(O)C1CCC(C(=O)NCC2CCCCC(F)(F)C2)O1. The van der Waals surface area contributed by atoms with Gasteiger partial charge in [0.15, 0.2) is 6.10 Å². The van der Waals surface area contributed by atoms with Crippen molar-refractivity contribution in [2.75, 3.05) is 6.54 Å². The van der Waals surface area contributed by atoms with Crippen LogP contribution in [0.5, 0.6) is 0 Å². The zero-order valence-corrected chi connectivity index (χ0v) is 11.8. The second kappa shape index (κ2) is 6.68. The lowest BCUT2D eigenvalue weighted by molar-refractivity contribution is -0.151. The highest BCUT2D eigenvalue weighted by molar-refractivity contribution is 5.82. The van der Waals surface area contributed by atoms with Gasteiger partial charge in [-0.15, -0.1) is 0 Å². The van der Waals surface area contributed by atoms with Gasteiger partial charge in [-0.2, -0.15) is 0 Å². The summed E-state index contributed by atoms with van der Waals surface area (Å²) in [5, 5.41) is 11.4. The Labute approximate surface area is 122 Å². The monoisotopic (exact) mass is 305 g/mol. The largest absolute Gasteiger partial charge is 0.479 e. The third-order valence-corrected chi connectivity index (χ3v) is 4.14. The van der Waals surface area contributed by atoms with Crippen LogP contribution >= 0.6 is 0 Å². The first-order valence-corrected chi connectivity index (χ1v) is 7.41. The van der Waals surface area contributed by atoms with Crippen LogP contribution in [0.3, 0.4) is 0 Å². The summed E-state index contributed by atoms with van der Waals surface area (Å²) in [4.78, 5) is 22.6. The first-order chi connectivity index (χ1) is 9.87. The molecule has 21 heavy (non-hydrogen) atoms. The maximum atomic E-state index is 13.5. The number of carboxylic acid groups (broad SMARTS) is 1. The van der Waals surface area contributed by atoms with Gasteiger partial charge in [-0.3, -0.25) is 4.79 Å². The van der Waals surface area contributed by atoms with Gasteiger partial charge >= 0.3 is 5.97 Å². The number of carbonyl (C=O) groups excluding carboxylic acids is 1. The molecule has 2 aliphatic rings. The van der Waals surface area contributed by atoms with Crippen molar-refractivity contribution in [2.45, 2.75) is 63.1 Å². The van der Waals surface area contributed by atoms with Crippen molar-refractivity contribution in [1.29, 1.82) is 0 Å². The molecule has 1 saturated heterocycles. The minimum absolute atomic E-state index is 0.0799. The van der Waals surface area contributed by atoms with Crippen molar-refractivity contribution in [2.24, 2.45) is 5.92 Å². The van der Waals surface area contributed by atoms with Crippen LogP contribution in [0.4, 0.5) is 8.78 Å². The van der Waals surface area contributed by atoms with E-state index in [9.17, 15) is 18.4 Å². The molecule has 0 bridgehead atoms. The number of nitrogens with one attached hydrogen (secondary N) is 1. The quantitative estimate of drug-likeness (QED) is 0.778. The highest BCUT2D eigenvalue weighted by atomic mass is 19.3. The van der Waals surface area contributed by atoms with Crippen LogP contribution in [0.2, 0.25) is 0 Å². The Balaban J connectivity index is 1.77. The highest BCUT2D eigenvalue weighted by Gasteiger charge is 2.36. The molecule has 5 nitrogen and oxygen atoms in total. The lowest BCUT2D eigenvalue weighted by Crippen LogP contribution is -2.39. The molecule has 2 N–H and O–H groups in total. The topological polar surface area (TPSA) is 75.6 Å². The Bertz CT molecular complexity index is 402. The summed E-state index contributed by atoms with van der Waals surface area (Å²) < 4.78 is 32.1. The van der Waals surface area contributed by atoms with Crippen molar-refractivity contribution in [1.82, 2.24) is 5.32 Å². The van der Waals surface area contributed by atoms with Gasteiger partial charge in [0.25, 0.3) is 0 Å². The maximum absolute atomic E-state index is 13.5. The van der Waals surface area contributed by atoms with Crippen LogP contribution in [-0.4, -0.2) is 41.7 Å². The fraction of sp³-hybridized carbons (Fsp3) is 0.857. The fourth-order valence-corrected chi connectivity index (χ4v) is 2.99. The summed E-state index contributed by atoms with van der Waals surface area (Å²) in [5.74, 6) is -4.35. The third kappa shape index (κ3) is 4.62. The lowest BCUT2D eigenvalue weighted by Gasteiger charge is -2.20. The lowest BCUT2D eigenvalue weighted by atomic mass is 9.98. The Morgan fingerprint density at radius 3 is 2.57 bits per heavy atom. The Morgan fingerprint density at radius 1 is 1.19 bits per heavy atom. The molecule has 0 aromatic carbocycles. The molecule has 7 heteroatoms. The Hall–Kier alpha value is -1.24. The zero-order chi connectivity index (χ0) is 15.5. The van der Waals surface area contributed by atoms with E-state index >= 15 is 0 Å². The van der Waals surface area contributed by atoms with E-state index in [2.05, 4.69) is 5.32 Å². The zero-order valence-electron chi connectivity index (χ0n) is 11.8. The molecule has 0 radical (unpaired) electrons. The number of carboxylic acids is 1. The molecule has 120 valence electrons. The molecule has 3 atom stereocenters. The molecular weight excluding hydrogens is 284 g/mol. The minimum Gasteiger partial charge on any atom is -0.479 e. The van der Waals surface area contributed by atoms with Crippen molar-refractivity contribution in [3.8, 4) is 0 Å². The summed E-state index contributed by atoms with van der Waals surface area (Å²) in [7, 11) is 0. The summed E-state index contributed by atoms with van der Waals surface area (Å²) in [6.07, 6.45) is 0.596.